The Kier molecular flexibility index (Phi) is 3.99. The Hall–Kier alpha value is -0.830. The average molecular weight is 282 g/mol. The quantitative estimate of drug-likeness (QED) is 0.666. The third kappa shape index (κ3) is 2.64. The first kappa shape index (κ1) is 11.6. The van der Waals surface area contributed by atoms with Crippen LogP contribution in [0, 0.1) is 5.92 Å². The van der Waals surface area contributed by atoms with E-state index in [0.29, 0.717) is 0 Å². The summed E-state index contributed by atoms with van der Waals surface area (Å²) in [5.74, 6) is 0.352. The Balaban J connectivity index is 1.88. The molecule has 0 radical (unpaired) electrons. The molecule has 2 nitrogen and oxygen atoms in total. The number of carbonyl (C=O) groups is 1. The van der Waals surface area contributed by atoms with Gasteiger partial charge in [0.05, 0.1) is 0 Å². The van der Waals surface area contributed by atoms with Crippen molar-refractivity contribution >= 4 is 21.8 Å². The molecule has 1 aromatic carbocycles. The molecular formula is C13H16BrNO. The lowest BCUT2D eigenvalue weighted by Crippen LogP contribution is -2.31. The van der Waals surface area contributed by atoms with Gasteiger partial charge in [-0.05, 0) is 30.4 Å². The van der Waals surface area contributed by atoms with E-state index in [0.717, 1.165) is 31.1 Å². The summed E-state index contributed by atoms with van der Waals surface area (Å²) in [6, 6.07) is 8.34. The molecule has 0 saturated heterocycles. The van der Waals surface area contributed by atoms with Gasteiger partial charge in [-0.3, -0.25) is 4.79 Å². The SMILES string of the molecule is O=C(NCCCBr)C1Cc2ccccc2C1. The Bertz CT molecular complexity index is 353. The van der Waals surface area contributed by atoms with E-state index in [2.05, 4.69) is 33.4 Å². The molecule has 0 spiro atoms. The zero-order valence-corrected chi connectivity index (χ0v) is 10.8. The van der Waals surface area contributed by atoms with Crippen LogP contribution in [-0.2, 0) is 17.6 Å². The molecule has 1 aliphatic carbocycles. The average Bonchev–Trinajstić information content (AvgIpc) is 2.73. The van der Waals surface area contributed by atoms with Crippen LogP contribution in [0.5, 0.6) is 0 Å². The first-order valence-corrected chi connectivity index (χ1v) is 6.84. The van der Waals surface area contributed by atoms with Gasteiger partial charge in [0, 0.05) is 17.8 Å². The van der Waals surface area contributed by atoms with Crippen molar-refractivity contribution in [2.75, 3.05) is 11.9 Å². The molecule has 0 fully saturated rings. The highest BCUT2D eigenvalue weighted by molar-refractivity contribution is 9.09. The molecule has 0 unspecified atom stereocenters. The summed E-state index contributed by atoms with van der Waals surface area (Å²) in [6.07, 6.45) is 2.79. The van der Waals surface area contributed by atoms with Crippen LogP contribution in [0.4, 0.5) is 0 Å². The van der Waals surface area contributed by atoms with Gasteiger partial charge >= 0.3 is 0 Å². The van der Waals surface area contributed by atoms with Gasteiger partial charge in [-0.25, -0.2) is 0 Å². The van der Waals surface area contributed by atoms with Crippen LogP contribution in [0.3, 0.4) is 0 Å². The molecule has 2 rings (SSSR count). The third-order valence-electron chi connectivity index (χ3n) is 3.03. The van der Waals surface area contributed by atoms with Crippen LogP contribution in [0.1, 0.15) is 17.5 Å². The molecular weight excluding hydrogens is 266 g/mol. The fourth-order valence-corrected chi connectivity index (χ4v) is 2.45. The van der Waals surface area contributed by atoms with Crippen LogP contribution < -0.4 is 5.32 Å². The number of halogens is 1. The Morgan fingerprint density at radius 1 is 1.31 bits per heavy atom. The van der Waals surface area contributed by atoms with Crippen LogP contribution >= 0.6 is 15.9 Å². The second-order valence-corrected chi connectivity index (χ2v) is 5.00. The molecule has 0 saturated carbocycles. The molecule has 1 N–H and O–H groups in total. The first-order chi connectivity index (χ1) is 7.81. The second kappa shape index (κ2) is 5.48. The minimum absolute atomic E-state index is 0.146. The highest BCUT2D eigenvalue weighted by Gasteiger charge is 2.26. The monoisotopic (exact) mass is 281 g/mol. The van der Waals surface area contributed by atoms with Gasteiger partial charge in [-0.15, -0.1) is 0 Å². The largest absolute Gasteiger partial charge is 0.356 e. The van der Waals surface area contributed by atoms with Gasteiger partial charge in [-0.1, -0.05) is 40.2 Å². The van der Waals surface area contributed by atoms with Crippen LogP contribution in [0.2, 0.25) is 0 Å². The zero-order valence-electron chi connectivity index (χ0n) is 9.21. The minimum atomic E-state index is 0.146. The van der Waals surface area contributed by atoms with Crippen LogP contribution in [-0.4, -0.2) is 17.8 Å². The Morgan fingerprint density at radius 2 is 1.94 bits per heavy atom. The number of rotatable bonds is 4. The molecule has 0 aliphatic heterocycles. The summed E-state index contributed by atoms with van der Waals surface area (Å²) >= 11 is 3.35. The van der Waals surface area contributed by atoms with Gasteiger partial charge in [0.1, 0.15) is 0 Å². The summed E-state index contributed by atoms with van der Waals surface area (Å²) in [7, 11) is 0. The van der Waals surface area contributed by atoms with E-state index in [1.807, 2.05) is 12.1 Å². The molecule has 0 bridgehead atoms. The second-order valence-electron chi connectivity index (χ2n) is 4.21. The van der Waals surface area contributed by atoms with E-state index >= 15 is 0 Å². The van der Waals surface area contributed by atoms with Crippen molar-refractivity contribution < 1.29 is 4.79 Å². The molecule has 3 heteroatoms. The van der Waals surface area contributed by atoms with E-state index in [9.17, 15) is 4.79 Å². The predicted molar refractivity (Wildman–Crippen MR) is 68.8 cm³/mol. The number of nitrogens with one attached hydrogen (secondary N) is 1. The number of fused-ring (bicyclic) bond motifs is 1. The third-order valence-corrected chi connectivity index (χ3v) is 3.59. The fraction of sp³-hybridized carbons (Fsp3) is 0.462. The van der Waals surface area contributed by atoms with E-state index in [1.54, 1.807) is 0 Å². The van der Waals surface area contributed by atoms with Crippen molar-refractivity contribution in [2.45, 2.75) is 19.3 Å². The number of alkyl halides is 1. The van der Waals surface area contributed by atoms with Gasteiger partial charge in [0.2, 0.25) is 5.91 Å². The Morgan fingerprint density at radius 3 is 2.50 bits per heavy atom. The predicted octanol–water partition coefficient (Wildman–Crippen LogP) is 2.30. The first-order valence-electron chi connectivity index (χ1n) is 5.71. The van der Waals surface area contributed by atoms with Gasteiger partial charge < -0.3 is 5.32 Å². The van der Waals surface area contributed by atoms with E-state index < -0.39 is 0 Å². The molecule has 1 amide bonds. The zero-order chi connectivity index (χ0) is 11.4. The summed E-state index contributed by atoms with van der Waals surface area (Å²) < 4.78 is 0. The maximum Gasteiger partial charge on any atom is 0.223 e. The number of hydrogen-bond donors (Lipinski definition) is 1. The van der Waals surface area contributed by atoms with Crippen molar-refractivity contribution in [1.29, 1.82) is 0 Å². The normalized spacial score (nSPS) is 14.8. The summed E-state index contributed by atoms with van der Waals surface area (Å²) in [4.78, 5) is 11.9. The molecule has 86 valence electrons. The summed E-state index contributed by atoms with van der Waals surface area (Å²) in [6.45, 7) is 0.775. The molecule has 0 heterocycles. The number of carbonyl (C=O) groups excluding carboxylic acids is 1. The van der Waals surface area contributed by atoms with Gasteiger partial charge in [0.25, 0.3) is 0 Å². The van der Waals surface area contributed by atoms with Crippen LogP contribution in [0.15, 0.2) is 24.3 Å². The van der Waals surface area contributed by atoms with Crippen molar-refractivity contribution in [2.24, 2.45) is 5.92 Å². The maximum atomic E-state index is 11.9. The summed E-state index contributed by atoms with van der Waals surface area (Å²) in [5.41, 5.74) is 2.67. The number of hydrogen-bond acceptors (Lipinski definition) is 1. The summed E-state index contributed by atoms with van der Waals surface area (Å²) in [5, 5.41) is 3.93. The number of benzene rings is 1. The van der Waals surface area contributed by atoms with Crippen LogP contribution in [0.25, 0.3) is 0 Å². The molecule has 1 aromatic rings. The molecule has 0 aromatic heterocycles. The lowest BCUT2D eigenvalue weighted by atomic mass is 10.1. The van der Waals surface area contributed by atoms with Crippen molar-refractivity contribution in [3.63, 3.8) is 0 Å². The number of amides is 1. The van der Waals surface area contributed by atoms with Crippen molar-refractivity contribution in [3.05, 3.63) is 35.4 Å². The van der Waals surface area contributed by atoms with Crippen molar-refractivity contribution in [3.8, 4) is 0 Å². The van der Waals surface area contributed by atoms with E-state index in [4.69, 9.17) is 0 Å². The Labute approximate surface area is 105 Å². The molecule has 16 heavy (non-hydrogen) atoms. The maximum absolute atomic E-state index is 11.9. The highest BCUT2D eigenvalue weighted by Crippen LogP contribution is 2.26. The molecule has 1 aliphatic rings. The van der Waals surface area contributed by atoms with Gasteiger partial charge in [0.15, 0.2) is 0 Å². The van der Waals surface area contributed by atoms with E-state index in [1.165, 1.54) is 11.1 Å². The minimum Gasteiger partial charge on any atom is -0.356 e. The fourth-order valence-electron chi connectivity index (χ4n) is 2.17. The van der Waals surface area contributed by atoms with E-state index in [-0.39, 0.29) is 11.8 Å². The lowest BCUT2D eigenvalue weighted by molar-refractivity contribution is -0.124. The van der Waals surface area contributed by atoms with Gasteiger partial charge in [-0.2, -0.15) is 0 Å². The highest BCUT2D eigenvalue weighted by atomic mass is 79.9. The lowest BCUT2D eigenvalue weighted by Gasteiger charge is -2.09. The molecule has 0 atom stereocenters. The standard InChI is InChI=1S/C13H16BrNO/c14-6-3-7-15-13(16)12-8-10-4-1-2-5-11(10)9-12/h1-2,4-5,12H,3,6-9H2,(H,15,16). The smallest absolute Gasteiger partial charge is 0.223 e. The van der Waals surface area contributed by atoms with Crippen molar-refractivity contribution in [1.82, 2.24) is 5.32 Å². The topological polar surface area (TPSA) is 29.1 Å².